The van der Waals surface area contributed by atoms with Gasteiger partial charge in [0.15, 0.2) is 6.61 Å². The number of rotatable bonds is 5. The summed E-state index contributed by atoms with van der Waals surface area (Å²) in [5, 5.41) is 5.05. The van der Waals surface area contributed by atoms with Crippen molar-refractivity contribution < 1.29 is 9.53 Å². The fourth-order valence-corrected chi connectivity index (χ4v) is 2.10. The van der Waals surface area contributed by atoms with Crippen molar-refractivity contribution in [3.05, 3.63) is 46.2 Å². The number of hydrogen-bond acceptors (Lipinski definition) is 3. The van der Waals surface area contributed by atoms with Gasteiger partial charge in [0.25, 0.3) is 0 Å². The molecule has 1 heterocycles. The molecule has 2 rings (SSSR count). The summed E-state index contributed by atoms with van der Waals surface area (Å²) in [4.78, 5) is 12.2. The van der Waals surface area contributed by atoms with Crippen molar-refractivity contribution in [1.82, 2.24) is 9.78 Å². The molecule has 0 spiro atoms. The van der Waals surface area contributed by atoms with E-state index in [9.17, 15) is 4.79 Å². The highest BCUT2D eigenvalue weighted by Crippen LogP contribution is 2.20. The molecule has 0 fully saturated rings. The molecule has 0 radical (unpaired) electrons. The predicted octanol–water partition coefficient (Wildman–Crippen LogP) is 4.03. The number of benzene rings is 1. The van der Waals surface area contributed by atoms with Gasteiger partial charge in [0.05, 0.1) is 11.2 Å². The number of nitrogens with zero attached hydrogens (tertiary/aromatic N) is 2. The van der Waals surface area contributed by atoms with Crippen LogP contribution in [0.4, 0.5) is 0 Å². The highest BCUT2D eigenvalue weighted by Gasteiger charge is 2.19. The molecule has 2 aromatic rings. The highest BCUT2D eigenvalue weighted by molar-refractivity contribution is 6.33. The van der Waals surface area contributed by atoms with Crippen LogP contribution in [0.3, 0.4) is 0 Å². The summed E-state index contributed by atoms with van der Waals surface area (Å²) < 4.78 is 7.02. The lowest BCUT2D eigenvalue weighted by atomic mass is 10.2. The molecule has 0 unspecified atom stereocenters. The van der Waals surface area contributed by atoms with E-state index in [0.29, 0.717) is 21.5 Å². The molecule has 0 aliphatic rings. The van der Waals surface area contributed by atoms with Crippen LogP contribution < -0.4 is 4.74 Å². The van der Waals surface area contributed by atoms with E-state index < -0.39 is 0 Å². The Morgan fingerprint density at radius 3 is 2.55 bits per heavy atom. The van der Waals surface area contributed by atoms with Gasteiger partial charge < -0.3 is 4.74 Å². The summed E-state index contributed by atoms with van der Waals surface area (Å²) in [6.45, 7) is 3.76. The van der Waals surface area contributed by atoms with Crippen LogP contribution in [-0.2, 0) is 0 Å². The van der Waals surface area contributed by atoms with Crippen LogP contribution in [0.5, 0.6) is 5.75 Å². The first-order valence-electron chi connectivity index (χ1n) is 6.13. The minimum Gasteiger partial charge on any atom is -0.485 e. The first-order valence-corrected chi connectivity index (χ1v) is 6.89. The second-order valence-corrected chi connectivity index (χ2v) is 5.39. The molecule has 6 heteroatoms. The van der Waals surface area contributed by atoms with Gasteiger partial charge in [-0.1, -0.05) is 23.2 Å². The zero-order valence-corrected chi connectivity index (χ0v) is 12.6. The number of hydrogen-bond donors (Lipinski definition) is 0. The normalized spacial score (nSPS) is 10.8. The highest BCUT2D eigenvalue weighted by atomic mass is 35.5. The van der Waals surface area contributed by atoms with E-state index in [0.717, 1.165) is 0 Å². The van der Waals surface area contributed by atoms with E-state index in [1.807, 2.05) is 13.8 Å². The first kappa shape index (κ1) is 14.9. The van der Waals surface area contributed by atoms with Crippen LogP contribution in [0.25, 0.3) is 0 Å². The summed E-state index contributed by atoms with van der Waals surface area (Å²) in [6, 6.07) is 6.87. The molecule has 0 amide bonds. The Balaban J connectivity index is 2.09. The van der Waals surface area contributed by atoms with Crippen LogP contribution >= 0.6 is 23.2 Å². The van der Waals surface area contributed by atoms with Crippen LogP contribution in [0, 0.1) is 0 Å². The maximum absolute atomic E-state index is 12.2. The van der Waals surface area contributed by atoms with Crippen LogP contribution in [-0.4, -0.2) is 22.2 Å². The monoisotopic (exact) mass is 312 g/mol. The van der Waals surface area contributed by atoms with Gasteiger partial charge >= 0.3 is 0 Å². The van der Waals surface area contributed by atoms with Gasteiger partial charge in [-0.25, -0.2) is 0 Å². The molecule has 0 aliphatic carbocycles. The largest absolute Gasteiger partial charge is 0.485 e. The zero-order valence-electron chi connectivity index (χ0n) is 11.1. The van der Waals surface area contributed by atoms with E-state index in [1.165, 1.54) is 6.20 Å². The molecule has 1 aromatic carbocycles. The molecule has 0 bridgehead atoms. The predicted molar refractivity (Wildman–Crippen MR) is 78.9 cm³/mol. The summed E-state index contributed by atoms with van der Waals surface area (Å²) in [5.74, 6) is 0.366. The van der Waals surface area contributed by atoms with Gasteiger partial charge in [-0.2, -0.15) is 5.10 Å². The minimum atomic E-state index is -0.212. The van der Waals surface area contributed by atoms with Crippen molar-refractivity contribution in [1.29, 1.82) is 0 Å². The molecular formula is C14H14Cl2N2O2. The average Bonchev–Trinajstić information content (AvgIpc) is 2.80. The van der Waals surface area contributed by atoms with Gasteiger partial charge in [0, 0.05) is 11.1 Å². The second-order valence-electron chi connectivity index (χ2n) is 4.55. The van der Waals surface area contributed by atoms with Crippen molar-refractivity contribution in [3.8, 4) is 5.75 Å². The Morgan fingerprint density at radius 2 is 1.95 bits per heavy atom. The lowest BCUT2D eigenvalue weighted by Gasteiger charge is -2.11. The molecule has 0 saturated carbocycles. The molecule has 0 N–H and O–H groups in total. The first-order chi connectivity index (χ1) is 9.49. The molecule has 20 heavy (non-hydrogen) atoms. The Kier molecular flexibility index (Phi) is 4.68. The standard InChI is InChI=1S/C14H14Cl2N2O2/c1-9(2)18-14(12(16)7-17-18)13(19)8-20-11-5-3-10(15)4-6-11/h3-7,9H,8H2,1-2H3. The van der Waals surface area contributed by atoms with Crippen molar-refractivity contribution in [2.45, 2.75) is 19.9 Å². The van der Waals surface area contributed by atoms with Gasteiger partial charge in [0.1, 0.15) is 11.4 Å². The molecule has 0 saturated heterocycles. The minimum absolute atomic E-state index is 0.0528. The molecule has 106 valence electrons. The lowest BCUT2D eigenvalue weighted by Crippen LogP contribution is -2.18. The average molecular weight is 313 g/mol. The Morgan fingerprint density at radius 1 is 1.30 bits per heavy atom. The van der Waals surface area contributed by atoms with Crippen LogP contribution in [0.1, 0.15) is 30.4 Å². The maximum atomic E-state index is 12.2. The molecule has 0 aliphatic heterocycles. The van der Waals surface area contributed by atoms with E-state index in [2.05, 4.69) is 5.10 Å². The Bertz CT molecular complexity index is 606. The Hall–Kier alpha value is -1.52. The fourth-order valence-electron chi connectivity index (χ4n) is 1.74. The van der Waals surface area contributed by atoms with Crippen LogP contribution in [0.15, 0.2) is 30.5 Å². The topological polar surface area (TPSA) is 44.1 Å². The number of carbonyl (C=O) groups is 1. The number of carbonyl (C=O) groups excluding carboxylic acids is 1. The fraction of sp³-hybridized carbons (Fsp3) is 0.286. The second kappa shape index (κ2) is 6.29. The third-order valence-electron chi connectivity index (χ3n) is 2.69. The van der Waals surface area contributed by atoms with Crippen molar-refractivity contribution in [3.63, 3.8) is 0 Å². The van der Waals surface area contributed by atoms with E-state index in [4.69, 9.17) is 27.9 Å². The quantitative estimate of drug-likeness (QED) is 0.783. The zero-order chi connectivity index (χ0) is 14.7. The van der Waals surface area contributed by atoms with Gasteiger partial charge in [-0.3, -0.25) is 9.48 Å². The third kappa shape index (κ3) is 3.32. The Labute approximate surface area is 127 Å². The number of ketones is 1. The van der Waals surface area contributed by atoms with E-state index >= 15 is 0 Å². The summed E-state index contributed by atoms with van der Waals surface area (Å²) in [6.07, 6.45) is 1.47. The van der Waals surface area contributed by atoms with Gasteiger partial charge in [-0.05, 0) is 38.1 Å². The number of ether oxygens (including phenoxy) is 1. The van der Waals surface area contributed by atoms with Crippen molar-refractivity contribution in [2.75, 3.05) is 6.61 Å². The molecular weight excluding hydrogens is 299 g/mol. The molecule has 4 nitrogen and oxygen atoms in total. The van der Waals surface area contributed by atoms with Gasteiger partial charge in [-0.15, -0.1) is 0 Å². The number of halogens is 2. The summed E-state index contributed by atoms with van der Waals surface area (Å²) in [7, 11) is 0. The summed E-state index contributed by atoms with van der Waals surface area (Å²) in [5.41, 5.74) is 0.371. The van der Waals surface area contributed by atoms with E-state index in [1.54, 1.807) is 28.9 Å². The van der Waals surface area contributed by atoms with Crippen molar-refractivity contribution >= 4 is 29.0 Å². The number of Topliss-reactive ketones (excluding diaryl/α,β-unsaturated/α-hetero) is 1. The molecule has 0 atom stereocenters. The van der Waals surface area contributed by atoms with Crippen molar-refractivity contribution in [2.24, 2.45) is 0 Å². The summed E-state index contributed by atoms with van der Waals surface area (Å²) >= 11 is 11.8. The molecule has 1 aromatic heterocycles. The van der Waals surface area contributed by atoms with Crippen LogP contribution in [0.2, 0.25) is 10.0 Å². The number of aromatic nitrogens is 2. The smallest absolute Gasteiger partial charge is 0.219 e. The lowest BCUT2D eigenvalue weighted by molar-refractivity contribution is 0.0909. The maximum Gasteiger partial charge on any atom is 0.219 e. The third-order valence-corrected chi connectivity index (χ3v) is 3.22. The SMILES string of the molecule is CC(C)n1ncc(Cl)c1C(=O)COc1ccc(Cl)cc1. The van der Waals surface area contributed by atoms with Gasteiger partial charge in [0.2, 0.25) is 5.78 Å². The van der Waals surface area contributed by atoms with E-state index in [-0.39, 0.29) is 18.4 Å².